The number of carboxylic acid groups (broad SMARTS) is 1. The molecule has 1 aromatic heterocycles. The number of aromatic nitrogens is 1. The van der Waals surface area contributed by atoms with Crippen LogP contribution in [0.25, 0.3) is 0 Å². The standard InChI is InChI=1S/C11H11N3O4S/c12-7-8-10(4-1-5-13-8)19(17,18)14-6-2-3-9(14)11(15)16/h1,4-5,9H,2-3,6H2,(H,15,16)/t9-/m1/s1. The van der Waals surface area contributed by atoms with Crippen LogP contribution in [-0.2, 0) is 14.8 Å². The van der Waals surface area contributed by atoms with Gasteiger partial charge in [0.05, 0.1) is 0 Å². The van der Waals surface area contributed by atoms with Crippen molar-refractivity contribution in [3.05, 3.63) is 24.0 Å². The smallest absolute Gasteiger partial charge is 0.322 e. The van der Waals surface area contributed by atoms with E-state index in [0.717, 1.165) is 4.31 Å². The Labute approximate surface area is 110 Å². The van der Waals surface area contributed by atoms with Crippen molar-refractivity contribution in [2.45, 2.75) is 23.8 Å². The number of aliphatic carboxylic acids is 1. The lowest BCUT2D eigenvalue weighted by Gasteiger charge is -2.21. The number of carboxylic acids is 1. The summed E-state index contributed by atoms with van der Waals surface area (Å²) < 4.78 is 25.7. The number of carbonyl (C=O) groups is 1. The summed E-state index contributed by atoms with van der Waals surface area (Å²) in [6.07, 6.45) is 2.07. The summed E-state index contributed by atoms with van der Waals surface area (Å²) in [7, 11) is -4.01. The predicted molar refractivity (Wildman–Crippen MR) is 63.5 cm³/mol. The van der Waals surface area contributed by atoms with Crippen molar-refractivity contribution in [3.63, 3.8) is 0 Å². The van der Waals surface area contributed by atoms with Gasteiger partial charge in [0.15, 0.2) is 5.69 Å². The Bertz CT molecular complexity index is 650. The maximum absolute atomic E-state index is 12.4. The van der Waals surface area contributed by atoms with Gasteiger partial charge >= 0.3 is 5.97 Å². The van der Waals surface area contributed by atoms with E-state index in [9.17, 15) is 13.2 Å². The molecule has 1 N–H and O–H groups in total. The third kappa shape index (κ3) is 2.30. The molecular formula is C11H11N3O4S. The zero-order valence-electron chi connectivity index (χ0n) is 9.85. The Balaban J connectivity index is 2.49. The largest absolute Gasteiger partial charge is 0.480 e. The van der Waals surface area contributed by atoms with Gasteiger partial charge in [-0.25, -0.2) is 13.4 Å². The second kappa shape index (κ2) is 4.95. The molecule has 0 spiro atoms. The zero-order chi connectivity index (χ0) is 14.0. The molecule has 7 nitrogen and oxygen atoms in total. The van der Waals surface area contributed by atoms with E-state index < -0.39 is 22.0 Å². The molecule has 0 radical (unpaired) electrons. The Morgan fingerprint density at radius 2 is 2.32 bits per heavy atom. The molecule has 0 saturated carbocycles. The first-order valence-corrected chi connectivity index (χ1v) is 7.02. The number of pyridine rings is 1. The Morgan fingerprint density at radius 3 is 2.95 bits per heavy atom. The summed E-state index contributed by atoms with van der Waals surface area (Å²) in [5.74, 6) is -1.18. The third-order valence-electron chi connectivity index (χ3n) is 2.95. The highest BCUT2D eigenvalue weighted by Gasteiger charge is 2.40. The normalized spacial score (nSPS) is 20.1. The van der Waals surface area contributed by atoms with Crippen LogP contribution >= 0.6 is 0 Å². The number of hydrogen-bond donors (Lipinski definition) is 1. The molecule has 0 amide bonds. The van der Waals surface area contributed by atoms with Crippen LogP contribution in [0.3, 0.4) is 0 Å². The number of nitrogens with zero attached hydrogens (tertiary/aromatic N) is 3. The van der Waals surface area contributed by atoms with Crippen LogP contribution in [0.15, 0.2) is 23.2 Å². The van der Waals surface area contributed by atoms with Gasteiger partial charge in [-0.2, -0.15) is 9.57 Å². The number of nitriles is 1. The van der Waals surface area contributed by atoms with E-state index in [0.29, 0.717) is 6.42 Å². The maximum Gasteiger partial charge on any atom is 0.322 e. The zero-order valence-corrected chi connectivity index (χ0v) is 10.7. The lowest BCUT2D eigenvalue weighted by molar-refractivity contribution is -0.140. The average Bonchev–Trinajstić information content (AvgIpc) is 2.88. The molecule has 2 rings (SSSR count). The number of sulfonamides is 1. The topological polar surface area (TPSA) is 111 Å². The fourth-order valence-corrected chi connectivity index (χ4v) is 3.83. The maximum atomic E-state index is 12.4. The van der Waals surface area contributed by atoms with Crippen LogP contribution < -0.4 is 0 Å². The Hall–Kier alpha value is -1.98. The van der Waals surface area contributed by atoms with Crippen LogP contribution in [-0.4, -0.2) is 41.4 Å². The summed E-state index contributed by atoms with van der Waals surface area (Å²) >= 11 is 0. The van der Waals surface area contributed by atoms with E-state index in [2.05, 4.69) is 4.98 Å². The fourth-order valence-electron chi connectivity index (χ4n) is 2.08. The van der Waals surface area contributed by atoms with Crippen molar-refractivity contribution < 1.29 is 18.3 Å². The molecule has 19 heavy (non-hydrogen) atoms. The summed E-state index contributed by atoms with van der Waals surface area (Å²) in [6, 6.07) is 3.30. The summed E-state index contributed by atoms with van der Waals surface area (Å²) in [5, 5.41) is 17.9. The van der Waals surface area contributed by atoms with Crippen molar-refractivity contribution in [3.8, 4) is 6.07 Å². The average molecular weight is 281 g/mol. The fraction of sp³-hybridized carbons (Fsp3) is 0.364. The predicted octanol–water partition coefficient (Wildman–Crippen LogP) is 0.191. The lowest BCUT2D eigenvalue weighted by Crippen LogP contribution is -2.40. The van der Waals surface area contributed by atoms with Crippen molar-refractivity contribution in [2.24, 2.45) is 0 Å². The summed E-state index contributed by atoms with van der Waals surface area (Å²) in [6.45, 7) is 0.138. The highest BCUT2D eigenvalue weighted by molar-refractivity contribution is 7.89. The van der Waals surface area contributed by atoms with Crippen LogP contribution in [0.2, 0.25) is 0 Å². The molecule has 1 fully saturated rings. The molecule has 1 aliphatic heterocycles. The quantitative estimate of drug-likeness (QED) is 0.846. The summed E-state index contributed by atoms with van der Waals surface area (Å²) in [5.41, 5.74) is -0.224. The van der Waals surface area contributed by atoms with Gasteiger partial charge in [0.2, 0.25) is 10.0 Å². The SMILES string of the molecule is N#Cc1ncccc1S(=O)(=O)N1CCC[C@@H]1C(=O)O. The Morgan fingerprint density at radius 1 is 1.58 bits per heavy atom. The van der Waals surface area contributed by atoms with Gasteiger partial charge < -0.3 is 5.11 Å². The molecule has 2 heterocycles. The molecule has 0 unspecified atom stereocenters. The van der Waals surface area contributed by atoms with E-state index >= 15 is 0 Å². The van der Waals surface area contributed by atoms with Crippen molar-refractivity contribution in [1.29, 1.82) is 5.26 Å². The molecule has 100 valence electrons. The first-order chi connectivity index (χ1) is 8.98. The van der Waals surface area contributed by atoms with Gasteiger partial charge in [-0.3, -0.25) is 4.79 Å². The first kappa shape index (κ1) is 13.5. The van der Waals surface area contributed by atoms with Gasteiger partial charge in [-0.1, -0.05) is 0 Å². The molecule has 0 aromatic carbocycles. The van der Waals surface area contributed by atoms with Gasteiger partial charge in [0.1, 0.15) is 17.0 Å². The molecule has 1 aromatic rings. The second-order valence-electron chi connectivity index (χ2n) is 4.07. The molecule has 0 aliphatic carbocycles. The van der Waals surface area contributed by atoms with Crippen molar-refractivity contribution >= 4 is 16.0 Å². The highest BCUT2D eigenvalue weighted by Crippen LogP contribution is 2.27. The van der Waals surface area contributed by atoms with Crippen LogP contribution in [0.5, 0.6) is 0 Å². The number of rotatable bonds is 3. The van der Waals surface area contributed by atoms with Gasteiger partial charge in [-0.05, 0) is 25.0 Å². The molecular weight excluding hydrogens is 270 g/mol. The molecule has 0 bridgehead atoms. The second-order valence-corrected chi connectivity index (χ2v) is 5.93. The minimum Gasteiger partial charge on any atom is -0.480 e. The van der Waals surface area contributed by atoms with Crippen LogP contribution in [0.4, 0.5) is 0 Å². The van der Waals surface area contributed by atoms with Crippen LogP contribution in [0, 0.1) is 11.3 Å². The van der Waals surface area contributed by atoms with E-state index in [4.69, 9.17) is 10.4 Å². The monoisotopic (exact) mass is 281 g/mol. The molecule has 1 atom stereocenters. The minimum atomic E-state index is -4.01. The molecule has 1 aliphatic rings. The van der Waals surface area contributed by atoms with Crippen molar-refractivity contribution in [1.82, 2.24) is 9.29 Å². The van der Waals surface area contributed by atoms with E-state index in [1.54, 1.807) is 6.07 Å². The van der Waals surface area contributed by atoms with Gasteiger partial charge in [0, 0.05) is 12.7 Å². The van der Waals surface area contributed by atoms with Gasteiger partial charge in [0.25, 0.3) is 0 Å². The molecule has 8 heteroatoms. The van der Waals surface area contributed by atoms with Crippen LogP contribution in [0.1, 0.15) is 18.5 Å². The van der Waals surface area contributed by atoms with Gasteiger partial charge in [-0.15, -0.1) is 0 Å². The highest BCUT2D eigenvalue weighted by atomic mass is 32.2. The molecule has 1 saturated heterocycles. The lowest BCUT2D eigenvalue weighted by atomic mass is 10.2. The van der Waals surface area contributed by atoms with Crippen molar-refractivity contribution in [2.75, 3.05) is 6.54 Å². The third-order valence-corrected chi connectivity index (χ3v) is 4.89. The minimum absolute atomic E-state index is 0.138. The summed E-state index contributed by atoms with van der Waals surface area (Å²) in [4.78, 5) is 14.5. The van der Waals surface area contributed by atoms with E-state index in [-0.39, 0.29) is 23.6 Å². The van der Waals surface area contributed by atoms with E-state index in [1.807, 2.05) is 0 Å². The van der Waals surface area contributed by atoms with E-state index in [1.165, 1.54) is 18.3 Å². The Kier molecular flexibility index (Phi) is 3.50. The number of hydrogen-bond acceptors (Lipinski definition) is 5. The first-order valence-electron chi connectivity index (χ1n) is 5.58.